The SMILES string of the molecule is C[C@H](CCC(=O)OCc1ccccc1)C1CCC2C3C(O)CC4CCCCC4(C)C3CCC21C. The summed E-state index contributed by atoms with van der Waals surface area (Å²) in [5.41, 5.74) is 1.81. The number of aliphatic hydroxyl groups excluding tert-OH is 1. The van der Waals surface area contributed by atoms with Crippen LogP contribution >= 0.6 is 0 Å². The molecule has 3 nitrogen and oxygen atoms in total. The van der Waals surface area contributed by atoms with E-state index in [1.165, 1.54) is 51.4 Å². The normalized spacial score (nSPS) is 42.2. The van der Waals surface area contributed by atoms with Crippen LogP contribution in [0, 0.1) is 46.3 Å². The van der Waals surface area contributed by atoms with Crippen molar-refractivity contribution in [2.45, 2.75) is 104 Å². The van der Waals surface area contributed by atoms with E-state index in [0.29, 0.717) is 53.4 Å². The number of aliphatic hydroxyl groups is 1. The van der Waals surface area contributed by atoms with Crippen molar-refractivity contribution in [3.05, 3.63) is 35.9 Å². The number of fused-ring (bicyclic) bond motifs is 5. The molecule has 0 aromatic heterocycles. The van der Waals surface area contributed by atoms with Gasteiger partial charge in [-0.2, -0.15) is 0 Å². The first kappa shape index (κ1) is 24.3. The van der Waals surface area contributed by atoms with Crippen LogP contribution in [-0.2, 0) is 16.1 Å². The molecule has 4 saturated carbocycles. The fourth-order valence-electron chi connectivity index (χ4n) is 9.59. The first-order valence-corrected chi connectivity index (χ1v) is 14.2. The summed E-state index contributed by atoms with van der Waals surface area (Å²) < 4.78 is 5.55. The molecule has 34 heavy (non-hydrogen) atoms. The monoisotopic (exact) mass is 466 g/mol. The second-order valence-corrected chi connectivity index (χ2v) is 12.9. The van der Waals surface area contributed by atoms with Crippen molar-refractivity contribution in [1.82, 2.24) is 0 Å². The highest BCUT2D eigenvalue weighted by molar-refractivity contribution is 5.69. The van der Waals surface area contributed by atoms with E-state index >= 15 is 0 Å². The van der Waals surface area contributed by atoms with Gasteiger partial charge in [0.05, 0.1) is 6.10 Å². The van der Waals surface area contributed by atoms with Gasteiger partial charge in [-0.3, -0.25) is 4.79 Å². The van der Waals surface area contributed by atoms with Crippen LogP contribution in [0.25, 0.3) is 0 Å². The summed E-state index contributed by atoms with van der Waals surface area (Å²) in [6.07, 6.45) is 12.9. The first-order chi connectivity index (χ1) is 16.3. The second-order valence-electron chi connectivity index (χ2n) is 12.9. The van der Waals surface area contributed by atoms with Crippen molar-refractivity contribution in [2.24, 2.45) is 46.3 Å². The highest BCUT2D eigenvalue weighted by Gasteiger charge is 2.62. The average molecular weight is 467 g/mol. The van der Waals surface area contributed by atoms with Crippen molar-refractivity contribution in [3.63, 3.8) is 0 Å². The van der Waals surface area contributed by atoms with Gasteiger partial charge in [0.25, 0.3) is 0 Å². The first-order valence-electron chi connectivity index (χ1n) is 14.2. The molecule has 4 aliphatic carbocycles. The molecule has 9 atom stereocenters. The predicted octanol–water partition coefficient (Wildman–Crippen LogP) is 7.17. The molecule has 4 fully saturated rings. The maximum Gasteiger partial charge on any atom is 0.306 e. The van der Waals surface area contributed by atoms with Crippen molar-refractivity contribution in [1.29, 1.82) is 0 Å². The fourth-order valence-corrected chi connectivity index (χ4v) is 9.59. The maximum absolute atomic E-state index is 12.4. The number of esters is 1. The lowest BCUT2D eigenvalue weighted by atomic mass is 9.44. The summed E-state index contributed by atoms with van der Waals surface area (Å²) in [4.78, 5) is 12.4. The van der Waals surface area contributed by atoms with Crippen LogP contribution in [0.4, 0.5) is 0 Å². The van der Waals surface area contributed by atoms with E-state index in [9.17, 15) is 9.90 Å². The summed E-state index contributed by atoms with van der Waals surface area (Å²) in [5.74, 6) is 3.70. The minimum atomic E-state index is -0.104. The molecule has 0 amide bonds. The molecule has 0 spiro atoms. The van der Waals surface area contributed by atoms with Crippen LogP contribution in [0.15, 0.2) is 30.3 Å². The van der Waals surface area contributed by atoms with Crippen molar-refractivity contribution in [3.8, 4) is 0 Å². The lowest BCUT2D eigenvalue weighted by molar-refractivity contribution is -0.164. The molecule has 1 N–H and O–H groups in total. The molecule has 0 aliphatic heterocycles. The topological polar surface area (TPSA) is 46.5 Å². The summed E-state index contributed by atoms with van der Waals surface area (Å²) in [7, 11) is 0. The molecule has 1 aromatic carbocycles. The lowest BCUT2D eigenvalue weighted by Gasteiger charge is -2.62. The number of hydrogen-bond donors (Lipinski definition) is 1. The Hall–Kier alpha value is -1.35. The van der Waals surface area contributed by atoms with Crippen LogP contribution in [-0.4, -0.2) is 17.2 Å². The van der Waals surface area contributed by atoms with Gasteiger partial charge in [0.1, 0.15) is 6.61 Å². The standard InChI is InChI=1S/C31H46O3/c1-21(12-15-28(33)34-20-22-9-5-4-6-10-22)24-13-14-25-29-26(16-18-31(24,25)3)30(2)17-8-7-11-23(30)19-27(29)32/h4-6,9-10,21,23-27,29,32H,7-8,11-20H2,1-3H3/t21-,23?,24?,25?,26?,27?,29?,30?,31?/m1/s1. The molecule has 8 unspecified atom stereocenters. The Morgan fingerprint density at radius 3 is 2.59 bits per heavy atom. The minimum absolute atomic E-state index is 0.0712. The van der Waals surface area contributed by atoms with E-state index in [-0.39, 0.29) is 12.1 Å². The minimum Gasteiger partial charge on any atom is -0.461 e. The molecule has 188 valence electrons. The van der Waals surface area contributed by atoms with Crippen LogP contribution in [0.5, 0.6) is 0 Å². The molecule has 1 aromatic rings. The molecule has 4 aliphatic rings. The number of carbonyl (C=O) groups is 1. The van der Waals surface area contributed by atoms with E-state index < -0.39 is 0 Å². The summed E-state index contributed by atoms with van der Waals surface area (Å²) in [5, 5.41) is 11.4. The Balaban J connectivity index is 1.21. The van der Waals surface area contributed by atoms with Gasteiger partial charge in [-0.05, 0) is 103 Å². The third kappa shape index (κ3) is 4.25. The Labute approximate surface area is 207 Å². The van der Waals surface area contributed by atoms with Gasteiger partial charge in [-0.1, -0.05) is 63.9 Å². The Kier molecular flexibility index (Phi) is 6.88. The van der Waals surface area contributed by atoms with E-state index in [4.69, 9.17) is 4.74 Å². The molecule has 0 saturated heterocycles. The van der Waals surface area contributed by atoms with Crippen LogP contribution < -0.4 is 0 Å². The molecule has 0 bridgehead atoms. The van der Waals surface area contributed by atoms with E-state index in [1.54, 1.807) is 0 Å². The van der Waals surface area contributed by atoms with Gasteiger partial charge in [0.15, 0.2) is 0 Å². The fraction of sp³-hybridized carbons (Fsp3) is 0.774. The Morgan fingerprint density at radius 1 is 1.03 bits per heavy atom. The van der Waals surface area contributed by atoms with Crippen LogP contribution in [0.2, 0.25) is 0 Å². The quantitative estimate of drug-likeness (QED) is 0.452. The predicted molar refractivity (Wildman–Crippen MR) is 136 cm³/mol. The van der Waals surface area contributed by atoms with Gasteiger partial charge >= 0.3 is 5.97 Å². The van der Waals surface area contributed by atoms with E-state index in [1.807, 2.05) is 30.3 Å². The average Bonchev–Trinajstić information content (AvgIpc) is 3.19. The summed E-state index contributed by atoms with van der Waals surface area (Å²) >= 11 is 0. The second kappa shape index (κ2) is 9.60. The van der Waals surface area contributed by atoms with Gasteiger partial charge < -0.3 is 9.84 Å². The number of carbonyl (C=O) groups excluding carboxylic acids is 1. The highest BCUT2D eigenvalue weighted by Crippen LogP contribution is 2.68. The van der Waals surface area contributed by atoms with Crippen molar-refractivity contribution < 1.29 is 14.6 Å². The van der Waals surface area contributed by atoms with Gasteiger partial charge in [-0.25, -0.2) is 0 Å². The smallest absolute Gasteiger partial charge is 0.306 e. The zero-order valence-electron chi connectivity index (χ0n) is 21.7. The number of benzene rings is 1. The molecule has 0 heterocycles. The van der Waals surface area contributed by atoms with Crippen molar-refractivity contribution >= 4 is 5.97 Å². The number of rotatable bonds is 6. The summed E-state index contributed by atoms with van der Waals surface area (Å²) in [6.45, 7) is 7.86. The van der Waals surface area contributed by atoms with Crippen LogP contribution in [0.1, 0.15) is 97.0 Å². The number of ether oxygens (including phenoxy) is 1. The Morgan fingerprint density at radius 2 is 1.79 bits per heavy atom. The third-order valence-electron chi connectivity index (χ3n) is 11.4. The molecular formula is C31H46O3. The van der Waals surface area contributed by atoms with Gasteiger partial charge in [0.2, 0.25) is 0 Å². The Bertz CT molecular complexity index is 851. The highest BCUT2D eigenvalue weighted by atomic mass is 16.5. The maximum atomic E-state index is 12.4. The van der Waals surface area contributed by atoms with E-state index in [2.05, 4.69) is 20.8 Å². The lowest BCUT2D eigenvalue weighted by Crippen LogP contribution is -2.57. The number of hydrogen-bond acceptors (Lipinski definition) is 3. The summed E-state index contributed by atoms with van der Waals surface area (Å²) in [6, 6.07) is 9.95. The molecular weight excluding hydrogens is 420 g/mol. The zero-order valence-corrected chi connectivity index (χ0v) is 21.7. The van der Waals surface area contributed by atoms with Gasteiger partial charge in [0, 0.05) is 6.42 Å². The van der Waals surface area contributed by atoms with Crippen LogP contribution in [0.3, 0.4) is 0 Å². The largest absolute Gasteiger partial charge is 0.461 e. The van der Waals surface area contributed by atoms with Gasteiger partial charge in [-0.15, -0.1) is 0 Å². The third-order valence-corrected chi connectivity index (χ3v) is 11.4. The molecule has 3 heteroatoms. The van der Waals surface area contributed by atoms with Crippen molar-refractivity contribution in [2.75, 3.05) is 0 Å². The molecule has 5 rings (SSSR count). The zero-order chi connectivity index (χ0) is 23.9. The molecule has 0 radical (unpaired) electrons. The van der Waals surface area contributed by atoms with E-state index in [0.717, 1.165) is 24.3 Å².